The quantitative estimate of drug-likeness (QED) is 0.750. The molecule has 0 radical (unpaired) electrons. The summed E-state index contributed by atoms with van der Waals surface area (Å²) in [4.78, 5) is 15.9. The van der Waals surface area contributed by atoms with Crippen LogP contribution in [0.5, 0.6) is 0 Å². The Morgan fingerprint density at radius 2 is 2.13 bits per heavy atom. The number of hydrogen-bond donors (Lipinski definition) is 1. The van der Waals surface area contributed by atoms with Gasteiger partial charge in [-0.1, -0.05) is 31.5 Å². The van der Waals surface area contributed by atoms with Gasteiger partial charge in [0.05, 0.1) is 5.69 Å². The van der Waals surface area contributed by atoms with Crippen molar-refractivity contribution in [2.45, 2.75) is 19.8 Å². The van der Waals surface area contributed by atoms with E-state index in [1.165, 1.54) is 0 Å². The monoisotopic (exact) mass is 202 g/mol. The van der Waals surface area contributed by atoms with Gasteiger partial charge >= 0.3 is 0 Å². The molecule has 0 atom stereocenters. The van der Waals surface area contributed by atoms with Crippen molar-refractivity contribution in [1.82, 2.24) is 0 Å². The number of aliphatic imine (C=N–C) groups is 1. The van der Waals surface area contributed by atoms with Crippen molar-refractivity contribution < 1.29 is 4.79 Å². The van der Waals surface area contributed by atoms with E-state index in [0.717, 1.165) is 30.6 Å². The van der Waals surface area contributed by atoms with Crippen molar-refractivity contribution in [2.75, 3.05) is 11.9 Å². The third-order valence-electron chi connectivity index (χ3n) is 2.43. The first-order valence-corrected chi connectivity index (χ1v) is 5.28. The van der Waals surface area contributed by atoms with E-state index in [0.29, 0.717) is 5.71 Å². The molecule has 1 amide bonds. The van der Waals surface area contributed by atoms with Gasteiger partial charge in [-0.3, -0.25) is 9.79 Å². The lowest BCUT2D eigenvalue weighted by atomic mass is 10.1. The Labute approximate surface area is 89.2 Å². The summed E-state index contributed by atoms with van der Waals surface area (Å²) in [5.41, 5.74) is 2.38. The van der Waals surface area contributed by atoms with Crippen molar-refractivity contribution in [1.29, 1.82) is 0 Å². The van der Waals surface area contributed by atoms with E-state index in [1.54, 1.807) is 0 Å². The number of anilines is 1. The van der Waals surface area contributed by atoms with Crippen molar-refractivity contribution in [3.05, 3.63) is 29.8 Å². The van der Waals surface area contributed by atoms with Gasteiger partial charge in [0.15, 0.2) is 0 Å². The van der Waals surface area contributed by atoms with E-state index < -0.39 is 0 Å². The molecule has 0 fully saturated rings. The molecule has 0 aliphatic carbocycles. The van der Waals surface area contributed by atoms with Gasteiger partial charge in [0.25, 0.3) is 5.91 Å². The fourth-order valence-electron chi connectivity index (χ4n) is 1.61. The van der Waals surface area contributed by atoms with Gasteiger partial charge in [-0.15, -0.1) is 0 Å². The second kappa shape index (κ2) is 4.26. The van der Waals surface area contributed by atoms with Crippen LogP contribution in [0.25, 0.3) is 0 Å². The van der Waals surface area contributed by atoms with E-state index in [2.05, 4.69) is 17.2 Å². The summed E-state index contributed by atoms with van der Waals surface area (Å²) in [6.45, 7) is 2.84. The molecule has 78 valence electrons. The zero-order valence-corrected chi connectivity index (χ0v) is 8.79. The predicted molar refractivity (Wildman–Crippen MR) is 61.4 cm³/mol. The highest BCUT2D eigenvalue weighted by Gasteiger charge is 2.24. The first kappa shape index (κ1) is 9.90. The molecule has 0 aromatic heterocycles. The Hall–Kier alpha value is -1.64. The molecule has 0 bridgehead atoms. The smallest absolute Gasteiger partial charge is 0.274 e. The fourth-order valence-corrected chi connectivity index (χ4v) is 1.61. The van der Waals surface area contributed by atoms with E-state index in [-0.39, 0.29) is 5.91 Å². The molecule has 1 aromatic carbocycles. The Morgan fingerprint density at radius 3 is 2.93 bits per heavy atom. The molecule has 1 aliphatic rings. The Bertz CT molecular complexity index is 410. The molecule has 1 aliphatic heterocycles. The van der Waals surface area contributed by atoms with Crippen molar-refractivity contribution in [3.8, 4) is 0 Å². The number of carbonyl (C=O) groups is 1. The number of hydrogen-bond acceptors (Lipinski definition) is 2. The average molecular weight is 202 g/mol. The van der Waals surface area contributed by atoms with Crippen LogP contribution in [0.15, 0.2) is 29.3 Å². The number of amides is 1. The van der Waals surface area contributed by atoms with Crippen LogP contribution in [0.2, 0.25) is 0 Å². The maximum absolute atomic E-state index is 11.6. The molecule has 1 heterocycles. The molecule has 2 rings (SSSR count). The Balaban J connectivity index is 2.26. The summed E-state index contributed by atoms with van der Waals surface area (Å²) >= 11 is 0. The van der Waals surface area contributed by atoms with Gasteiger partial charge in [0, 0.05) is 12.1 Å². The van der Waals surface area contributed by atoms with Crippen LogP contribution in [-0.4, -0.2) is 18.2 Å². The topological polar surface area (TPSA) is 41.5 Å². The summed E-state index contributed by atoms with van der Waals surface area (Å²) in [6, 6.07) is 7.66. The van der Waals surface area contributed by atoms with Crippen LogP contribution in [0.4, 0.5) is 5.69 Å². The van der Waals surface area contributed by atoms with Crippen LogP contribution in [0.1, 0.15) is 25.3 Å². The van der Waals surface area contributed by atoms with Crippen molar-refractivity contribution >= 4 is 17.3 Å². The lowest BCUT2D eigenvalue weighted by Crippen LogP contribution is -2.14. The molecular weight excluding hydrogens is 188 g/mol. The van der Waals surface area contributed by atoms with E-state index >= 15 is 0 Å². The van der Waals surface area contributed by atoms with Gasteiger partial charge in [-0.2, -0.15) is 0 Å². The summed E-state index contributed by atoms with van der Waals surface area (Å²) in [6.07, 6.45) is 2.12. The molecule has 0 spiro atoms. The molecular formula is C12H14N2O. The van der Waals surface area contributed by atoms with E-state index in [4.69, 9.17) is 0 Å². The first-order chi connectivity index (χ1) is 7.33. The van der Waals surface area contributed by atoms with Crippen LogP contribution < -0.4 is 5.32 Å². The number of para-hydroxylation sites is 1. The highest BCUT2D eigenvalue weighted by atomic mass is 16.2. The molecule has 3 nitrogen and oxygen atoms in total. The van der Waals surface area contributed by atoms with Crippen LogP contribution in [0, 0.1) is 0 Å². The summed E-state index contributed by atoms with van der Waals surface area (Å²) in [7, 11) is 0. The first-order valence-electron chi connectivity index (χ1n) is 5.28. The van der Waals surface area contributed by atoms with Crippen LogP contribution >= 0.6 is 0 Å². The maximum atomic E-state index is 11.6. The van der Waals surface area contributed by atoms with Crippen LogP contribution in [0.3, 0.4) is 0 Å². The molecule has 0 saturated carbocycles. The van der Waals surface area contributed by atoms with Gasteiger partial charge in [0.1, 0.15) is 5.71 Å². The number of unbranched alkanes of at least 4 members (excludes halogenated alkanes) is 1. The van der Waals surface area contributed by atoms with Crippen molar-refractivity contribution in [2.24, 2.45) is 4.99 Å². The fraction of sp³-hybridized carbons (Fsp3) is 0.333. The number of carbonyl (C=O) groups excluding carboxylic acids is 1. The highest BCUT2D eigenvalue weighted by molar-refractivity contribution is 6.53. The molecule has 1 N–H and O–H groups in total. The number of rotatable bonds is 3. The van der Waals surface area contributed by atoms with E-state index in [1.807, 2.05) is 24.3 Å². The molecule has 1 aromatic rings. The van der Waals surface area contributed by atoms with Gasteiger partial charge in [-0.05, 0) is 12.5 Å². The second-order valence-corrected chi connectivity index (χ2v) is 3.58. The minimum atomic E-state index is -0.0766. The SMILES string of the molecule is CCCCN=C1C(=O)Nc2ccccc21. The third kappa shape index (κ3) is 1.91. The third-order valence-corrected chi connectivity index (χ3v) is 2.43. The molecule has 0 unspecified atom stereocenters. The van der Waals surface area contributed by atoms with Gasteiger partial charge in [0.2, 0.25) is 0 Å². The Morgan fingerprint density at radius 1 is 1.33 bits per heavy atom. The standard InChI is InChI=1S/C12H14N2O/c1-2-3-8-13-11-9-6-4-5-7-10(9)14-12(11)15/h4-7H,2-3,8H2,1H3,(H,13,14,15). The number of fused-ring (bicyclic) bond motifs is 1. The van der Waals surface area contributed by atoms with Crippen LogP contribution in [-0.2, 0) is 4.79 Å². The minimum absolute atomic E-state index is 0.0766. The Kier molecular flexibility index (Phi) is 2.81. The predicted octanol–water partition coefficient (Wildman–Crippen LogP) is 2.23. The maximum Gasteiger partial charge on any atom is 0.274 e. The zero-order chi connectivity index (χ0) is 10.7. The summed E-state index contributed by atoms with van der Waals surface area (Å²) < 4.78 is 0. The molecule has 0 saturated heterocycles. The number of nitrogens with one attached hydrogen (secondary N) is 1. The van der Waals surface area contributed by atoms with E-state index in [9.17, 15) is 4.79 Å². The zero-order valence-electron chi connectivity index (χ0n) is 8.79. The summed E-state index contributed by atoms with van der Waals surface area (Å²) in [5.74, 6) is -0.0766. The van der Waals surface area contributed by atoms with Gasteiger partial charge < -0.3 is 5.32 Å². The normalized spacial score (nSPS) is 16.6. The number of nitrogens with zero attached hydrogens (tertiary/aromatic N) is 1. The van der Waals surface area contributed by atoms with Crippen molar-refractivity contribution in [3.63, 3.8) is 0 Å². The number of benzene rings is 1. The second-order valence-electron chi connectivity index (χ2n) is 3.58. The van der Waals surface area contributed by atoms with Gasteiger partial charge in [-0.25, -0.2) is 0 Å². The molecule has 3 heteroatoms. The molecule has 15 heavy (non-hydrogen) atoms. The lowest BCUT2D eigenvalue weighted by molar-refractivity contribution is -0.110. The summed E-state index contributed by atoms with van der Waals surface area (Å²) in [5, 5.41) is 2.80. The average Bonchev–Trinajstić information content (AvgIpc) is 2.56. The highest BCUT2D eigenvalue weighted by Crippen LogP contribution is 2.22. The lowest BCUT2D eigenvalue weighted by Gasteiger charge is -1.96. The minimum Gasteiger partial charge on any atom is -0.320 e. The largest absolute Gasteiger partial charge is 0.320 e.